The molecule has 1 aromatic carbocycles. The zero-order valence-electron chi connectivity index (χ0n) is 11.1. The van der Waals surface area contributed by atoms with E-state index in [9.17, 15) is 9.59 Å². The van der Waals surface area contributed by atoms with Gasteiger partial charge in [-0.15, -0.1) is 11.3 Å². The standard InChI is InChI=1S/C14H16N2O3S/c1-2-3-11(13(17)18)16-14(19)15-10-4-5-12-9(8-10)6-7-20-12/h4-8,11H,2-3H2,1H3,(H,17,18)(H2,15,16,19). The molecule has 1 aromatic heterocycles. The summed E-state index contributed by atoms with van der Waals surface area (Å²) in [4.78, 5) is 22.8. The number of hydrogen-bond donors (Lipinski definition) is 3. The highest BCUT2D eigenvalue weighted by molar-refractivity contribution is 7.17. The van der Waals surface area contributed by atoms with Gasteiger partial charge in [-0.1, -0.05) is 13.3 Å². The maximum absolute atomic E-state index is 11.8. The van der Waals surface area contributed by atoms with E-state index in [0.717, 1.165) is 10.1 Å². The molecule has 0 saturated carbocycles. The van der Waals surface area contributed by atoms with Gasteiger partial charge in [0.1, 0.15) is 6.04 Å². The lowest BCUT2D eigenvalue weighted by molar-refractivity contribution is -0.139. The number of hydrogen-bond acceptors (Lipinski definition) is 3. The monoisotopic (exact) mass is 292 g/mol. The first-order valence-corrected chi connectivity index (χ1v) is 7.25. The zero-order valence-corrected chi connectivity index (χ0v) is 11.9. The van der Waals surface area contributed by atoms with Crippen LogP contribution >= 0.6 is 11.3 Å². The largest absolute Gasteiger partial charge is 0.480 e. The molecule has 0 saturated heterocycles. The molecule has 0 aliphatic heterocycles. The Bertz CT molecular complexity index is 624. The van der Waals surface area contributed by atoms with Gasteiger partial charge >= 0.3 is 12.0 Å². The molecule has 0 aliphatic carbocycles. The number of amides is 2. The van der Waals surface area contributed by atoms with Gasteiger partial charge in [0.2, 0.25) is 0 Å². The number of rotatable bonds is 5. The van der Waals surface area contributed by atoms with E-state index in [0.29, 0.717) is 18.5 Å². The highest BCUT2D eigenvalue weighted by Crippen LogP contribution is 2.23. The number of carbonyl (C=O) groups excluding carboxylic acids is 1. The topological polar surface area (TPSA) is 78.4 Å². The molecule has 0 radical (unpaired) electrons. The Hall–Kier alpha value is -2.08. The van der Waals surface area contributed by atoms with Gasteiger partial charge in [0, 0.05) is 10.4 Å². The summed E-state index contributed by atoms with van der Waals surface area (Å²) in [6.45, 7) is 1.88. The lowest BCUT2D eigenvalue weighted by atomic mass is 10.2. The highest BCUT2D eigenvalue weighted by atomic mass is 32.1. The third-order valence-electron chi connectivity index (χ3n) is 2.89. The van der Waals surface area contributed by atoms with E-state index in [-0.39, 0.29) is 0 Å². The molecule has 106 valence electrons. The second-order valence-corrected chi connectivity index (χ2v) is 5.40. The molecule has 2 aromatic rings. The number of thiophene rings is 1. The van der Waals surface area contributed by atoms with Crippen LogP contribution in [-0.4, -0.2) is 23.1 Å². The van der Waals surface area contributed by atoms with Gasteiger partial charge in [0.25, 0.3) is 0 Å². The number of aliphatic carboxylic acids is 1. The maximum Gasteiger partial charge on any atom is 0.326 e. The Morgan fingerprint density at radius 1 is 1.35 bits per heavy atom. The van der Waals surface area contributed by atoms with Gasteiger partial charge in [0.15, 0.2) is 0 Å². The summed E-state index contributed by atoms with van der Waals surface area (Å²) in [7, 11) is 0. The minimum absolute atomic E-state index is 0.409. The van der Waals surface area contributed by atoms with E-state index in [1.54, 1.807) is 17.4 Å². The predicted octanol–water partition coefficient (Wildman–Crippen LogP) is 3.28. The molecule has 3 N–H and O–H groups in total. The molecule has 0 bridgehead atoms. The first kappa shape index (κ1) is 14.3. The molecule has 5 nitrogen and oxygen atoms in total. The summed E-state index contributed by atoms with van der Waals surface area (Å²) in [5, 5.41) is 17.1. The van der Waals surface area contributed by atoms with Crippen LogP contribution in [0.15, 0.2) is 29.6 Å². The molecule has 1 heterocycles. The number of carbonyl (C=O) groups is 2. The van der Waals surface area contributed by atoms with Crippen molar-refractivity contribution in [3.05, 3.63) is 29.6 Å². The van der Waals surface area contributed by atoms with Crippen LogP contribution in [0, 0.1) is 0 Å². The number of carboxylic acids is 1. The Labute approximate surface area is 120 Å². The molecule has 6 heteroatoms. The van der Waals surface area contributed by atoms with Gasteiger partial charge < -0.3 is 15.7 Å². The van der Waals surface area contributed by atoms with E-state index in [4.69, 9.17) is 5.11 Å². The summed E-state index contributed by atoms with van der Waals surface area (Å²) in [5.41, 5.74) is 0.647. The van der Waals surface area contributed by atoms with Crippen LogP contribution in [0.1, 0.15) is 19.8 Å². The highest BCUT2D eigenvalue weighted by Gasteiger charge is 2.18. The third kappa shape index (κ3) is 3.48. The molecule has 20 heavy (non-hydrogen) atoms. The second-order valence-electron chi connectivity index (χ2n) is 4.45. The zero-order chi connectivity index (χ0) is 14.5. The SMILES string of the molecule is CCCC(NC(=O)Nc1ccc2sccc2c1)C(=O)O. The average molecular weight is 292 g/mol. The van der Waals surface area contributed by atoms with Crippen LogP contribution in [0.2, 0.25) is 0 Å². The molecule has 1 atom stereocenters. The summed E-state index contributed by atoms with van der Waals surface area (Å²) in [6.07, 6.45) is 1.10. The van der Waals surface area contributed by atoms with Gasteiger partial charge in [0.05, 0.1) is 0 Å². The smallest absolute Gasteiger partial charge is 0.326 e. The molecule has 2 rings (SSSR count). The van der Waals surface area contributed by atoms with Crippen molar-refractivity contribution in [1.82, 2.24) is 5.32 Å². The van der Waals surface area contributed by atoms with Gasteiger partial charge in [-0.25, -0.2) is 9.59 Å². The van der Waals surface area contributed by atoms with Gasteiger partial charge in [-0.2, -0.15) is 0 Å². The van der Waals surface area contributed by atoms with Crippen LogP contribution < -0.4 is 10.6 Å². The fourth-order valence-corrected chi connectivity index (χ4v) is 2.69. The van der Waals surface area contributed by atoms with E-state index < -0.39 is 18.0 Å². The van der Waals surface area contributed by atoms with E-state index in [1.807, 2.05) is 30.5 Å². The summed E-state index contributed by atoms with van der Waals surface area (Å²) in [6, 6.07) is 6.20. The fourth-order valence-electron chi connectivity index (χ4n) is 1.92. The predicted molar refractivity (Wildman–Crippen MR) is 80.3 cm³/mol. The molecule has 0 spiro atoms. The fraction of sp³-hybridized carbons (Fsp3) is 0.286. The van der Waals surface area contributed by atoms with Crippen LogP contribution in [0.5, 0.6) is 0 Å². The van der Waals surface area contributed by atoms with E-state index in [1.165, 1.54) is 0 Å². The molecule has 2 amide bonds. The Morgan fingerprint density at radius 3 is 2.85 bits per heavy atom. The van der Waals surface area contributed by atoms with Gasteiger partial charge in [-0.3, -0.25) is 0 Å². The number of fused-ring (bicyclic) bond motifs is 1. The Morgan fingerprint density at radius 2 is 2.15 bits per heavy atom. The number of nitrogens with one attached hydrogen (secondary N) is 2. The second kappa shape index (κ2) is 6.38. The maximum atomic E-state index is 11.8. The van der Waals surface area contributed by atoms with Crippen molar-refractivity contribution in [2.75, 3.05) is 5.32 Å². The van der Waals surface area contributed by atoms with Crippen LogP contribution in [0.25, 0.3) is 10.1 Å². The number of anilines is 1. The van der Waals surface area contributed by atoms with Crippen LogP contribution in [-0.2, 0) is 4.79 Å². The molecule has 1 unspecified atom stereocenters. The van der Waals surface area contributed by atoms with Crippen LogP contribution in [0.4, 0.5) is 10.5 Å². The Balaban J connectivity index is 2.01. The van der Waals surface area contributed by atoms with Crippen molar-refractivity contribution < 1.29 is 14.7 Å². The van der Waals surface area contributed by atoms with Gasteiger partial charge in [-0.05, 0) is 41.5 Å². The lowest BCUT2D eigenvalue weighted by Crippen LogP contribution is -2.42. The van der Waals surface area contributed by atoms with E-state index >= 15 is 0 Å². The molecular weight excluding hydrogens is 276 g/mol. The first-order chi connectivity index (χ1) is 9.60. The number of benzene rings is 1. The van der Waals surface area contributed by atoms with Crippen LogP contribution in [0.3, 0.4) is 0 Å². The normalized spacial score (nSPS) is 12.1. The minimum atomic E-state index is -1.02. The number of carboxylic acid groups (broad SMARTS) is 1. The molecule has 0 aliphatic rings. The molecule has 0 fully saturated rings. The molecular formula is C14H16N2O3S. The van der Waals surface area contributed by atoms with E-state index in [2.05, 4.69) is 10.6 Å². The van der Waals surface area contributed by atoms with Crippen molar-refractivity contribution in [2.45, 2.75) is 25.8 Å². The summed E-state index contributed by atoms with van der Waals surface area (Å²) >= 11 is 1.63. The van der Waals surface area contributed by atoms with Crippen molar-refractivity contribution >= 4 is 39.1 Å². The minimum Gasteiger partial charge on any atom is -0.480 e. The van der Waals surface area contributed by atoms with Crippen molar-refractivity contribution in [2.24, 2.45) is 0 Å². The summed E-state index contributed by atoms with van der Waals surface area (Å²) < 4.78 is 1.14. The lowest BCUT2D eigenvalue weighted by Gasteiger charge is -2.14. The average Bonchev–Trinajstić information content (AvgIpc) is 2.85. The van der Waals surface area contributed by atoms with Crippen molar-refractivity contribution in [3.8, 4) is 0 Å². The summed E-state index contributed by atoms with van der Waals surface area (Å²) in [5.74, 6) is -1.02. The third-order valence-corrected chi connectivity index (χ3v) is 3.79. The number of urea groups is 1. The van der Waals surface area contributed by atoms with Crippen molar-refractivity contribution in [3.63, 3.8) is 0 Å². The Kier molecular flexibility index (Phi) is 4.57. The quantitative estimate of drug-likeness (QED) is 0.791. The first-order valence-electron chi connectivity index (χ1n) is 6.37. The van der Waals surface area contributed by atoms with Crippen molar-refractivity contribution in [1.29, 1.82) is 0 Å².